The van der Waals surface area contributed by atoms with E-state index >= 15 is 0 Å². The summed E-state index contributed by atoms with van der Waals surface area (Å²) < 4.78 is 0. The molecule has 1 heterocycles. The van der Waals surface area contributed by atoms with E-state index in [0.29, 0.717) is 24.6 Å². The highest BCUT2D eigenvalue weighted by atomic mass is 16.4. The number of carbonyl (C=O) groups is 2. The van der Waals surface area contributed by atoms with E-state index in [1.165, 1.54) is 4.90 Å². The van der Waals surface area contributed by atoms with Crippen LogP contribution in [0.25, 0.3) is 0 Å². The van der Waals surface area contributed by atoms with Crippen LogP contribution in [0.3, 0.4) is 0 Å². The molecule has 2 rings (SSSR count). The van der Waals surface area contributed by atoms with Gasteiger partial charge in [0.25, 0.3) is 0 Å². The highest BCUT2D eigenvalue weighted by Crippen LogP contribution is 2.33. The molecule has 5 heteroatoms. The maximum absolute atomic E-state index is 12.7. The Balaban J connectivity index is 2.26. The molecule has 0 fully saturated rings. The molecular formula is C16H22N2O3. The second-order valence-electron chi connectivity index (χ2n) is 5.73. The van der Waals surface area contributed by atoms with Crippen LogP contribution in [0.5, 0.6) is 0 Å². The van der Waals surface area contributed by atoms with E-state index in [0.717, 1.165) is 12.0 Å². The number of benzene rings is 1. The molecule has 2 amide bonds. The highest BCUT2D eigenvalue weighted by Gasteiger charge is 2.39. The van der Waals surface area contributed by atoms with Crippen LogP contribution in [-0.2, 0) is 11.2 Å². The van der Waals surface area contributed by atoms with Crippen molar-refractivity contribution < 1.29 is 14.7 Å². The maximum Gasteiger partial charge on any atom is 0.327 e. The molecule has 0 aromatic heterocycles. The van der Waals surface area contributed by atoms with E-state index < -0.39 is 12.0 Å². The van der Waals surface area contributed by atoms with Crippen LogP contribution in [0.1, 0.15) is 25.8 Å². The molecule has 1 N–H and O–H groups in total. The largest absolute Gasteiger partial charge is 0.480 e. The number of hydrogen-bond acceptors (Lipinski definition) is 2. The molecule has 5 nitrogen and oxygen atoms in total. The van der Waals surface area contributed by atoms with Crippen LogP contribution < -0.4 is 4.90 Å². The number of urea groups is 1. The molecule has 1 aromatic carbocycles. The van der Waals surface area contributed by atoms with Crippen molar-refractivity contribution in [2.45, 2.75) is 32.7 Å². The first-order chi connectivity index (χ1) is 9.95. The van der Waals surface area contributed by atoms with Gasteiger partial charge >= 0.3 is 12.0 Å². The molecule has 2 atom stereocenters. The third kappa shape index (κ3) is 3.01. The molecule has 0 saturated heterocycles. The lowest BCUT2D eigenvalue weighted by Crippen LogP contribution is -2.49. The molecular weight excluding hydrogens is 268 g/mol. The Morgan fingerprint density at radius 3 is 2.71 bits per heavy atom. The summed E-state index contributed by atoms with van der Waals surface area (Å²) >= 11 is 0. The molecule has 1 unspecified atom stereocenters. The number of fused-ring (bicyclic) bond motifs is 1. The van der Waals surface area contributed by atoms with Gasteiger partial charge in [-0.1, -0.05) is 38.5 Å². The number of rotatable bonds is 4. The van der Waals surface area contributed by atoms with Crippen molar-refractivity contribution in [2.24, 2.45) is 5.92 Å². The first kappa shape index (κ1) is 15.4. The number of aliphatic carboxylic acids is 1. The molecule has 1 aliphatic heterocycles. The Hall–Kier alpha value is -2.04. The first-order valence-electron chi connectivity index (χ1n) is 7.30. The zero-order chi connectivity index (χ0) is 15.6. The lowest BCUT2D eigenvalue weighted by Gasteiger charge is -2.29. The van der Waals surface area contributed by atoms with Crippen molar-refractivity contribution in [3.05, 3.63) is 29.8 Å². The maximum atomic E-state index is 12.7. The summed E-state index contributed by atoms with van der Waals surface area (Å²) in [5, 5.41) is 9.40. The Morgan fingerprint density at radius 1 is 1.43 bits per heavy atom. The van der Waals surface area contributed by atoms with Gasteiger partial charge in [-0.15, -0.1) is 0 Å². The van der Waals surface area contributed by atoms with E-state index in [2.05, 4.69) is 13.8 Å². The topological polar surface area (TPSA) is 60.9 Å². The molecule has 0 spiro atoms. The number of carbonyl (C=O) groups excluding carboxylic acids is 1. The smallest absolute Gasteiger partial charge is 0.327 e. The van der Waals surface area contributed by atoms with Gasteiger partial charge in [0.15, 0.2) is 0 Å². The number of hydrogen-bond donors (Lipinski definition) is 1. The van der Waals surface area contributed by atoms with E-state index in [9.17, 15) is 14.7 Å². The lowest BCUT2D eigenvalue weighted by atomic mass is 10.1. The third-order valence-corrected chi connectivity index (χ3v) is 4.08. The minimum absolute atomic E-state index is 0.243. The predicted octanol–water partition coefficient (Wildman–Crippen LogP) is 2.60. The third-order valence-electron chi connectivity index (χ3n) is 4.08. The minimum atomic E-state index is -0.962. The molecule has 114 valence electrons. The Bertz CT molecular complexity index is 544. The van der Waals surface area contributed by atoms with Gasteiger partial charge in [0, 0.05) is 25.7 Å². The molecule has 0 radical (unpaired) electrons. The van der Waals surface area contributed by atoms with Gasteiger partial charge in [0.05, 0.1) is 0 Å². The number of anilines is 1. The molecule has 1 aromatic rings. The van der Waals surface area contributed by atoms with Crippen LogP contribution in [0.4, 0.5) is 10.5 Å². The minimum Gasteiger partial charge on any atom is -0.480 e. The number of amides is 2. The zero-order valence-electron chi connectivity index (χ0n) is 12.7. The first-order valence-corrected chi connectivity index (χ1v) is 7.30. The Labute approximate surface area is 125 Å². The average Bonchev–Trinajstić information content (AvgIpc) is 2.85. The number of carboxylic acids is 1. The van der Waals surface area contributed by atoms with Gasteiger partial charge in [-0.3, -0.25) is 4.90 Å². The standard InChI is InChI=1S/C16H22N2O3/c1-4-11(2)10-17(3)16(21)18-13-8-6-5-7-12(13)9-14(18)15(19)20/h5-8,11,14H,4,9-10H2,1-3H3,(H,19,20)/t11?,14-/m0/s1. The Morgan fingerprint density at radius 2 is 2.10 bits per heavy atom. The summed E-state index contributed by atoms with van der Waals surface area (Å²) in [6.07, 6.45) is 1.35. The average molecular weight is 290 g/mol. The van der Waals surface area contributed by atoms with E-state index in [1.807, 2.05) is 24.3 Å². The van der Waals surface area contributed by atoms with E-state index in [4.69, 9.17) is 0 Å². The van der Waals surface area contributed by atoms with Crippen molar-refractivity contribution in [1.82, 2.24) is 4.90 Å². The molecule has 0 bridgehead atoms. The van der Waals surface area contributed by atoms with Gasteiger partial charge in [0.2, 0.25) is 0 Å². The number of para-hydroxylation sites is 1. The summed E-state index contributed by atoms with van der Waals surface area (Å²) in [4.78, 5) is 27.2. The van der Waals surface area contributed by atoms with E-state index in [-0.39, 0.29) is 6.03 Å². The van der Waals surface area contributed by atoms with Gasteiger partial charge < -0.3 is 10.0 Å². The SMILES string of the molecule is CCC(C)CN(C)C(=O)N1c2ccccc2C[C@H]1C(=O)O. The van der Waals surface area contributed by atoms with Gasteiger partial charge in [-0.25, -0.2) is 9.59 Å². The highest BCUT2D eigenvalue weighted by molar-refractivity contribution is 6.00. The number of nitrogens with zero attached hydrogens (tertiary/aromatic N) is 2. The molecule has 1 aliphatic rings. The molecule has 0 saturated carbocycles. The van der Waals surface area contributed by atoms with Crippen LogP contribution in [0.15, 0.2) is 24.3 Å². The van der Waals surface area contributed by atoms with Gasteiger partial charge in [-0.05, 0) is 17.5 Å². The fourth-order valence-electron chi connectivity index (χ4n) is 2.68. The van der Waals surface area contributed by atoms with Crippen LogP contribution in [-0.4, -0.2) is 41.6 Å². The quantitative estimate of drug-likeness (QED) is 0.927. The fourth-order valence-corrected chi connectivity index (χ4v) is 2.68. The van der Waals surface area contributed by atoms with Crippen molar-refractivity contribution in [1.29, 1.82) is 0 Å². The zero-order valence-corrected chi connectivity index (χ0v) is 12.7. The fraction of sp³-hybridized carbons (Fsp3) is 0.500. The second kappa shape index (κ2) is 6.16. The van der Waals surface area contributed by atoms with Crippen molar-refractivity contribution in [3.8, 4) is 0 Å². The van der Waals surface area contributed by atoms with Gasteiger partial charge in [-0.2, -0.15) is 0 Å². The van der Waals surface area contributed by atoms with E-state index in [1.54, 1.807) is 11.9 Å². The van der Waals surface area contributed by atoms with Crippen molar-refractivity contribution in [3.63, 3.8) is 0 Å². The summed E-state index contributed by atoms with van der Waals surface area (Å²) in [7, 11) is 1.73. The van der Waals surface area contributed by atoms with Crippen LogP contribution in [0.2, 0.25) is 0 Å². The summed E-state index contributed by atoms with van der Waals surface area (Å²) in [5.41, 5.74) is 1.63. The summed E-state index contributed by atoms with van der Waals surface area (Å²) in [6, 6.07) is 6.34. The molecule has 0 aliphatic carbocycles. The summed E-state index contributed by atoms with van der Waals surface area (Å²) in [5.74, 6) is -0.573. The summed E-state index contributed by atoms with van der Waals surface area (Å²) in [6.45, 7) is 4.78. The lowest BCUT2D eigenvalue weighted by molar-refractivity contribution is -0.138. The predicted molar refractivity (Wildman–Crippen MR) is 81.5 cm³/mol. The molecule has 21 heavy (non-hydrogen) atoms. The van der Waals surface area contributed by atoms with Gasteiger partial charge in [0.1, 0.15) is 6.04 Å². The van der Waals surface area contributed by atoms with Crippen molar-refractivity contribution >= 4 is 17.7 Å². The number of carboxylic acid groups (broad SMARTS) is 1. The second-order valence-corrected chi connectivity index (χ2v) is 5.73. The normalized spacial score (nSPS) is 18.2. The van der Waals surface area contributed by atoms with Crippen LogP contribution >= 0.6 is 0 Å². The Kier molecular flexibility index (Phi) is 4.50. The monoisotopic (exact) mass is 290 g/mol. The van der Waals surface area contributed by atoms with Crippen molar-refractivity contribution in [2.75, 3.05) is 18.5 Å². The van der Waals surface area contributed by atoms with Crippen LogP contribution in [0, 0.1) is 5.92 Å².